The van der Waals surface area contributed by atoms with Crippen molar-refractivity contribution in [2.45, 2.75) is 33.2 Å². The third-order valence-corrected chi connectivity index (χ3v) is 5.83. The number of amides is 1. The number of thiophene rings is 1. The molecule has 0 radical (unpaired) electrons. The van der Waals surface area contributed by atoms with Gasteiger partial charge in [-0.1, -0.05) is 0 Å². The molecule has 0 unspecified atom stereocenters. The maximum Gasteiger partial charge on any atom is 0.293 e. The number of anilines is 1. The zero-order valence-corrected chi connectivity index (χ0v) is 15.4. The van der Waals surface area contributed by atoms with E-state index in [9.17, 15) is 14.9 Å². The summed E-state index contributed by atoms with van der Waals surface area (Å²) in [5.74, 6) is -0.225. The van der Waals surface area contributed by atoms with Crippen molar-refractivity contribution in [3.05, 3.63) is 55.3 Å². The lowest BCUT2D eigenvalue weighted by Crippen LogP contribution is -2.39. The lowest BCUT2D eigenvalue weighted by Gasteiger charge is -2.32. The van der Waals surface area contributed by atoms with Gasteiger partial charge in [0.25, 0.3) is 5.69 Å². The Kier molecular flexibility index (Phi) is 4.87. The maximum absolute atomic E-state index is 12.5. The number of fused-ring (bicyclic) bond motifs is 1. The molecule has 132 valence electrons. The highest BCUT2D eigenvalue weighted by Crippen LogP contribution is 2.33. The molecule has 3 rings (SSSR count). The average Bonchev–Trinajstić information content (AvgIpc) is 3.02. The first-order valence-electron chi connectivity index (χ1n) is 8.22. The summed E-state index contributed by atoms with van der Waals surface area (Å²) in [7, 11) is 0. The number of aryl methyl sites for hydroxylation is 2. The average molecular weight is 359 g/mol. The molecule has 1 amide bonds. The fraction of sp³-hybridized carbons (Fsp3) is 0.389. The number of nitrogens with zero attached hydrogens (tertiary/aromatic N) is 2. The van der Waals surface area contributed by atoms with E-state index in [1.165, 1.54) is 16.5 Å². The van der Waals surface area contributed by atoms with Gasteiger partial charge in [-0.05, 0) is 61.4 Å². The normalized spacial score (nSPS) is 17.2. The Labute approximate surface area is 150 Å². The van der Waals surface area contributed by atoms with E-state index in [1.54, 1.807) is 17.4 Å². The molecular weight excluding hydrogens is 338 g/mol. The Morgan fingerprint density at radius 1 is 1.40 bits per heavy atom. The van der Waals surface area contributed by atoms with Crippen molar-refractivity contribution in [2.24, 2.45) is 0 Å². The first-order chi connectivity index (χ1) is 11.9. The lowest BCUT2D eigenvalue weighted by atomic mass is 10.0. The molecule has 1 aliphatic rings. The van der Waals surface area contributed by atoms with Crippen molar-refractivity contribution in [3.8, 4) is 0 Å². The predicted octanol–water partition coefficient (Wildman–Crippen LogP) is 3.83. The van der Waals surface area contributed by atoms with Crippen LogP contribution in [0.5, 0.6) is 0 Å². The van der Waals surface area contributed by atoms with Gasteiger partial charge in [0.15, 0.2) is 0 Å². The van der Waals surface area contributed by atoms with E-state index in [-0.39, 0.29) is 29.9 Å². The van der Waals surface area contributed by atoms with E-state index in [4.69, 9.17) is 0 Å². The first-order valence-corrected chi connectivity index (χ1v) is 9.10. The standard InChI is InChI=1S/C18H21N3O3S/c1-11-8-15(16(21(23)24)9-12(11)2)19-18(22)10-20-6-4-17-14(13(20)3)5-7-25-17/h5,7-9,13H,4,6,10H2,1-3H3,(H,19,22)/t13-/m0/s1. The topological polar surface area (TPSA) is 75.5 Å². The molecule has 0 spiro atoms. The summed E-state index contributed by atoms with van der Waals surface area (Å²) in [6.45, 7) is 6.83. The second kappa shape index (κ2) is 6.93. The summed E-state index contributed by atoms with van der Waals surface area (Å²) in [5.41, 5.74) is 3.22. The van der Waals surface area contributed by atoms with E-state index in [2.05, 4.69) is 28.6 Å². The van der Waals surface area contributed by atoms with Gasteiger partial charge in [-0.3, -0.25) is 19.8 Å². The highest BCUT2D eigenvalue weighted by molar-refractivity contribution is 7.10. The summed E-state index contributed by atoms with van der Waals surface area (Å²) in [5, 5.41) is 16.1. The molecule has 0 saturated heterocycles. The predicted molar refractivity (Wildman–Crippen MR) is 99.2 cm³/mol. The van der Waals surface area contributed by atoms with Gasteiger partial charge in [-0.15, -0.1) is 11.3 Å². The zero-order valence-electron chi connectivity index (χ0n) is 14.5. The van der Waals surface area contributed by atoms with Crippen LogP contribution in [0.4, 0.5) is 11.4 Å². The second-order valence-electron chi connectivity index (χ2n) is 6.45. The van der Waals surface area contributed by atoms with Gasteiger partial charge in [-0.2, -0.15) is 0 Å². The van der Waals surface area contributed by atoms with Crippen molar-refractivity contribution in [1.29, 1.82) is 0 Å². The van der Waals surface area contributed by atoms with Crippen molar-refractivity contribution in [2.75, 3.05) is 18.4 Å². The highest BCUT2D eigenvalue weighted by Gasteiger charge is 2.27. The van der Waals surface area contributed by atoms with Crippen molar-refractivity contribution >= 4 is 28.6 Å². The summed E-state index contributed by atoms with van der Waals surface area (Å²) in [6.07, 6.45) is 0.939. The Hall–Kier alpha value is -2.25. The number of nitro benzene ring substituents is 1. The minimum atomic E-state index is -0.455. The molecule has 2 aromatic rings. The van der Waals surface area contributed by atoms with Crippen molar-refractivity contribution < 1.29 is 9.72 Å². The van der Waals surface area contributed by atoms with Crippen molar-refractivity contribution in [1.82, 2.24) is 4.90 Å². The maximum atomic E-state index is 12.5. The van der Waals surface area contributed by atoms with E-state index < -0.39 is 4.92 Å². The number of hydrogen-bond acceptors (Lipinski definition) is 5. The molecule has 0 saturated carbocycles. The molecule has 7 heteroatoms. The minimum absolute atomic E-state index is 0.0664. The molecule has 6 nitrogen and oxygen atoms in total. The van der Waals surface area contributed by atoms with Crippen LogP contribution in [0.15, 0.2) is 23.6 Å². The summed E-state index contributed by atoms with van der Waals surface area (Å²) < 4.78 is 0. The Bertz CT molecular complexity index is 831. The molecule has 1 atom stereocenters. The Morgan fingerprint density at radius 3 is 2.84 bits per heavy atom. The number of nitrogens with one attached hydrogen (secondary N) is 1. The van der Waals surface area contributed by atoms with Crippen LogP contribution in [0.1, 0.15) is 34.5 Å². The SMILES string of the molecule is Cc1cc(NC(=O)CN2CCc3sccc3[C@@H]2C)c([N+](=O)[O-])cc1C. The van der Waals surface area contributed by atoms with Crippen LogP contribution in [0.3, 0.4) is 0 Å². The molecule has 0 fully saturated rings. The number of benzene rings is 1. The van der Waals surface area contributed by atoms with E-state index in [0.29, 0.717) is 0 Å². The smallest absolute Gasteiger partial charge is 0.293 e. The number of hydrogen-bond donors (Lipinski definition) is 1. The molecule has 25 heavy (non-hydrogen) atoms. The lowest BCUT2D eigenvalue weighted by molar-refractivity contribution is -0.384. The van der Waals surface area contributed by atoms with Gasteiger partial charge >= 0.3 is 0 Å². The van der Waals surface area contributed by atoms with Gasteiger partial charge < -0.3 is 5.32 Å². The molecule has 2 heterocycles. The van der Waals surface area contributed by atoms with E-state index in [1.807, 2.05) is 13.8 Å². The molecule has 1 N–H and O–H groups in total. The fourth-order valence-electron chi connectivity index (χ4n) is 3.20. The molecule has 0 aliphatic carbocycles. The summed E-state index contributed by atoms with van der Waals surface area (Å²) in [6, 6.07) is 5.47. The fourth-order valence-corrected chi connectivity index (χ4v) is 4.17. The van der Waals surface area contributed by atoms with E-state index in [0.717, 1.165) is 24.1 Å². The van der Waals surface area contributed by atoms with Crippen LogP contribution in [0.25, 0.3) is 0 Å². The zero-order chi connectivity index (χ0) is 18.1. The van der Waals surface area contributed by atoms with Crippen LogP contribution in [0.2, 0.25) is 0 Å². The monoisotopic (exact) mass is 359 g/mol. The number of nitro groups is 1. The second-order valence-corrected chi connectivity index (χ2v) is 7.46. The summed E-state index contributed by atoms with van der Waals surface area (Å²) >= 11 is 1.76. The molecule has 1 aliphatic heterocycles. The van der Waals surface area contributed by atoms with Gasteiger partial charge in [0.05, 0.1) is 11.5 Å². The summed E-state index contributed by atoms with van der Waals surface area (Å²) in [4.78, 5) is 26.8. The number of carbonyl (C=O) groups excluding carboxylic acids is 1. The van der Waals surface area contributed by atoms with Crippen LogP contribution >= 0.6 is 11.3 Å². The minimum Gasteiger partial charge on any atom is -0.319 e. The number of rotatable bonds is 4. The van der Waals surface area contributed by atoms with Crippen LogP contribution in [-0.2, 0) is 11.2 Å². The van der Waals surface area contributed by atoms with Gasteiger partial charge in [0.2, 0.25) is 5.91 Å². The molecule has 0 bridgehead atoms. The van der Waals surface area contributed by atoms with Gasteiger partial charge in [0, 0.05) is 23.5 Å². The van der Waals surface area contributed by atoms with Crippen LogP contribution < -0.4 is 5.32 Å². The van der Waals surface area contributed by atoms with Crippen molar-refractivity contribution in [3.63, 3.8) is 0 Å². The Morgan fingerprint density at radius 2 is 2.12 bits per heavy atom. The van der Waals surface area contributed by atoms with E-state index >= 15 is 0 Å². The first kappa shape index (κ1) is 17.6. The third-order valence-electron chi connectivity index (χ3n) is 4.83. The van der Waals surface area contributed by atoms with Crippen LogP contribution in [-0.4, -0.2) is 28.8 Å². The molecule has 1 aromatic heterocycles. The third kappa shape index (κ3) is 3.57. The highest BCUT2D eigenvalue weighted by atomic mass is 32.1. The quantitative estimate of drug-likeness (QED) is 0.665. The largest absolute Gasteiger partial charge is 0.319 e. The number of carbonyl (C=O) groups is 1. The molecular formula is C18H21N3O3S. The van der Waals surface area contributed by atoms with Gasteiger partial charge in [-0.25, -0.2) is 0 Å². The van der Waals surface area contributed by atoms with Crippen LogP contribution in [0, 0.1) is 24.0 Å². The molecule has 1 aromatic carbocycles. The van der Waals surface area contributed by atoms with Gasteiger partial charge in [0.1, 0.15) is 5.69 Å². The Balaban J connectivity index is 1.73.